The van der Waals surface area contributed by atoms with E-state index in [4.69, 9.17) is 11.6 Å². The van der Waals surface area contributed by atoms with Gasteiger partial charge in [-0.2, -0.15) is 0 Å². The Hall–Kier alpha value is -1.65. The Morgan fingerprint density at radius 1 is 1.45 bits per heavy atom. The number of aldehydes is 1. The number of rotatable bonds is 3. The Morgan fingerprint density at radius 3 is 2.90 bits per heavy atom. The van der Waals surface area contributed by atoms with Gasteiger partial charge in [-0.05, 0) is 31.0 Å². The second-order valence-electron chi connectivity index (χ2n) is 4.61. The summed E-state index contributed by atoms with van der Waals surface area (Å²) in [5.41, 5.74) is 3.72. The molecule has 0 aliphatic carbocycles. The van der Waals surface area contributed by atoms with Crippen LogP contribution >= 0.6 is 22.9 Å². The molecule has 20 heavy (non-hydrogen) atoms. The molecule has 0 amide bonds. The lowest BCUT2D eigenvalue weighted by atomic mass is 10.1. The molecule has 0 saturated heterocycles. The van der Waals surface area contributed by atoms with Crippen molar-refractivity contribution in [1.82, 2.24) is 9.38 Å². The Labute approximate surface area is 125 Å². The van der Waals surface area contributed by atoms with Gasteiger partial charge < -0.3 is 0 Å². The lowest BCUT2D eigenvalue weighted by Crippen LogP contribution is -1.94. The summed E-state index contributed by atoms with van der Waals surface area (Å²) in [5, 5.41) is 0.750. The van der Waals surface area contributed by atoms with Crippen molar-refractivity contribution in [2.45, 2.75) is 20.3 Å². The normalized spacial score (nSPS) is 11.2. The van der Waals surface area contributed by atoms with Gasteiger partial charge in [0.2, 0.25) is 0 Å². The fourth-order valence-corrected chi connectivity index (χ4v) is 3.51. The summed E-state index contributed by atoms with van der Waals surface area (Å²) >= 11 is 7.72. The van der Waals surface area contributed by atoms with Gasteiger partial charge in [0.1, 0.15) is 5.69 Å². The van der Waals surface area contributed by atoms with Gasteiger partial charge in [-0.25, -0.2) is 4.98 Å². The van der Waals surface area contributed by atoms with Crippen LogP contribution in [-0.2, 0) is 6.42 Å². The molecule has 0 spiro atoms. The molecule has 0 unspecified atom stereocenters. The third-order valence-electron chi connectivity index (χ3n) is 3.33. The molecule has 3 rings (SSSR count). The van der Waals surface area contributed by atoms with E-state index in [1.165, 1.54) is 4.88 Å². The Balaban J connectivity index is 2.34. The molecule has 102 valence electrons. The van der Waals surface area contributed by atoms with Crippen LogP contribution in [0.1, 0.15) is 27.9 Å². The largest absolute Gasteiger partial charge is 0.296 e. The Morgan fingerprint density at radius 2 is 2.25 bits per heavy atom. The van der Waals surface area contributed by atoms with Crippen LogP contribution in [0.5, 0.6) is 0 Å². The molecule has 0 saturated carbocycles. The van der Waals surface area contributed by atoms with Crippen LogP contribution in [0.15, 0.2) is 24.4 Å². The number of benzene rings is 1. The lowest BCUT2D eigenvalue weighted by Gasteiger charge is -2.07. The molecule has 3 aromatic rings. The van der Waals surface area contributed by atoms with Gasteiger partial charge in [-0.3, -0.25) is 9.20 Å². The minimum absolute atomic E-state index is 0.582. The van der Waals surface area contributed by atoms with Crippen molar-refractivity contribution in [3.8, 4) is 11.3 Å². The van der Waals surface area contributed by atoms with Crippen molar-refractivity contribution >= 4 is 34.2 Å². The van der Waals surface area contributed by atoms with E-state index in [1.807, 2.05) is 23.5 Å². The van der Waals surface area contributed by atoms with E-state index >= 15 is 0 Å². The number of fused-ring (bicyclic) bond motifs is 1. The highest BCUT2D eigenvalue weighted by atomic mass is 35.5. The molecule has 0 fully saturated rings. The summed E-state index contributed by atoms with van der Waals surface area (Å²) in [6.07, 6.45) is 3.37. The van der Waals surface area contributed by atoms with Crippen molar-refractivity contribution in [3.63, 3.8) is 0 Å². The van der Waals surface area contributed by atoms with Crippen LogP contribution in [-0.4, -0.2) is 15.7 Å². The number of thiazole rings is 1. The maximum Gasteiger partial charge on any atom is 0.194 e. The van der Waals surface area contributed by atoms with Crippen LogP contribution in [0.2, 0.25) is 5.02 Å². The first-order valence-electron chi connectivity index (χ1n) is 6.36. The van der Waals surface area contributed by atoms with Crippen LogP contribution < -0.4 is 0 Å². The summed E-state index contributed by atoms with van der Waals surface area (Å²) < 4.78 is 1.93. The van der Waals surface area contributed by atoms with Crippen molar-refractivity contribution in [1.29, 1.82) is 0 Å². The zero-order chi connectivity index (χ0) is 14.3. The highest BCUT2D eigenvalue weighted by Gasteiger charge is 2.17. The smallest absolute Gasteiger partial charge is 0.194 e. The third-order valence-corrected chi connectivity index (χ3v) is 4.96. The Bertz CT molecular complexity index is 804. The fourth-order valence-electron chi connectivity index (χ4n) is 2.33. The first kappa shape index (κ1) is 13.3. The molecule has 0 aliphatic rings. The fraction of sp³-hybridized carbons (Fsp3) is 0.200. The van der Waals surface area contributed by atoms with E-state index < -0.39 is 0 Å². The summed E-state index contributed by atoms with van der Waals surface area (Å²) in [4.78, 5) is 17.6. The number of hydrogen-bond acceptors (Lipinski definition) is 3. The zero-order valence-corrected chi connectivity index (χ0v) is 12.8. The van der Waals surface area contributed by atoms with Gasteiger partial charge in [-0.1, -0.05) is 24.6 Å². The molecule has 0 bridgehead atoms. The minimum Gasteiger partial charge on any atom is -0.296 e. The second-order valence-corrected chi connectivity index (χ2v) is 6.08. The zero-order valence-electron chi connectivity index (χ0n) is 11.2. The molecule has 2 aromatic heterocycles. The number of carbonyl (C=O) groups is 1. The molecule has 5 heteroatoms. The molecular weight excluding hydrogens is 292 g/mol. The summed E-state index contributed by atoms with van der Waals surface area (Å²) in [6.45, 7) is 4.09. The lowest BCUT2D eigenvalue weighted by molar-refractivity contribution is 0.111. The number of aryl methyl sites for hydroxylation is 2. The molecule has 1 aromatic carbocycles. The minimum atomic E-state index is 0.582. The maximum atomic E-state index is 11.2. The van der Waals surface area contributed by atoms with Gasteiger partial charge in [0.25, 0.3) is 0 Å². The quantitative estimate of drug-likeness (QED) is 0.672. The number of carbonyl (C=O) groups excluding carboxylic acids is 1. The molecule has 0 aliphatic heterocycles. The van der Waals surface area contributed by atoms with E-state index in [1.54, 1.807) is 17.5 Å². The van der Waals surface area contributed by atoms with Gasteiger partial charge in [-0.15, -0.1) is 11.3 Å². The monoisotopic (exact) mass is 304 g/mol. The van der Waals surface area contributed by atoms with Crippen LogP contribution in [0, 0.1) is 6.92 Å². The number of nitrogens with zero attached hydrogens (tertiary/aromatic N) is 2. The predicted molar refractivity (Wildman–Crippen MR) is 83.0 cm³/mol. The van der Waals surface area contributed by atoms with Gasteiger partial charge >= 0.3 is 0 Å². The topological polar surface area (TPSA) is 34.4 Å². The predicted octanol–water partition coefficient (Wildman–Crippen LogP) is 4.40. The summed E-state index contributed by atoms with van der Waals surface area (Å²) in [7, 11) is 0. The van der Waals surface area contributed by atoms with Crippen molar-refractivity contribution in [2.75, 3.05) is 0 Å². The molecule has 0 radical (unpaired) electrons. The highest BCUT2D eigenvalue weighted by molar-refractivity contribution is 7.17. The maximum absolute atomic E-state index is 11.2. The summed E-state index contributed by atoms with van der Waals surface area (Å²) in [5.74, 6) is 0. The van der Waals surface area contributed by atoms with E-state index in [0.717, 1.165) is 39.5 Å². The van der Waals surface area contributed by atoms with E-state index in [2.05, 4.69) is 18.0 Å². The average molecular weight is 305 g/mol. The first-order chi connectivity index (χ1) is 9.65. The second kappa shape index (κ2) is 5.04. The van der Waals surface area contributed by atoms with Gasteiger partial charge in [0.05, 0.1) is 11.9 Å². The number of halogens is 1. The highest BCUT2D eigenvalue weighted by Crippen LogP contribution is 2.34. The van der Waals surface area contributed by atoms with Crippen LogP contribution in [0.25, 0.3) is 16.2 Å². The van der Waals surface area contributed by atoms with Gasteiger partial charge in [0.15, 0.2) is 11.2 Å². The van der Waals surface area contributed by atoms with E-state index in [-0.39, 0.29) is 0 Å². The molecule has 3 nitrogen and oxygen atoms in total. The first-order valence-corrected chi connectivity index (χ1v) is 7.56. The SMILES string of the molecule is CCc1sc2ncc(C=O)n2c1-c1ccc(Cl)c(C)c1. The summed E-state index contributed by atoms with van der Waals surface area (Å²) in [6, 6.07) is 5.94. The van der Waals surface area contributed by atoms with Crippen molar-refractivity contribution in [3.05, 3.63) is 45.6 Å². The number of hydrogen-bond donors (Lipinski definition) is 0. The van der Waals surface area contributed by atoms with Crippen molar-refractivity contribution < 1.29 is 4.79 Å². The molecule has 0 N–H and O–H groups in total. The average Bonchev–Trinajstić information content (AvgIpc) is 2.99. The van der Waals surface area contributed by atoms with Crippen LogP contribution in [0.3, 0.4) is 0 Å². The number of imidazole rings is 1. The molecule has 2 heterocycles. The van der Waals surface area contributed by atoms with E-state index in [9.17, 15) is 4.79 Å². The van der Waals surface area contributed by atoms with Gasteiger partial charge in [0, 0.05) is 15.5 Å². The molecular formula is C15H13ClN2OS. The van der Waals surface area contributed by atoms with Crippen LogP contribution in [0.4, 0.5) is 0 Å². The number of aromatic nitrogens is 2. The van der Waals surface area contributed by atoms with Crippen molar-refractivity contribution in [2.24, 2.45) is 0 Å². The third kappa shape index (κ3) is 1.96. The molecule has 0 atom stereocenters. The Kier molecular flexibility index (Phi) is 3.36. The van der Waals surface area contributed by atoms with E-state index in [0.29, 0.717) is 5.69 Å². The standard InChI is InChI=1S/C15H13ClN2OS/c1-3-13-14(10-4-5-12(16)9(2)6-10)18-11(8-19)7-17-15(18)20-13/h4-8H,3H2,1-2H3.